The van der Waals surface area contributed by atoms with E-state index in [-0.39, 0.29) is 41.3 Å². The Hall–Kier alpha value is -3.57. The van der Waals surface area contributed by atoms with E-state index in [4.69, 9.17) is 21.3 Å². The van der Waals surface area contributed by atoms with Gasteiger partial charge >= 0.3 is 6.18 Å². The van der Waals surface area contributed by atoms with Gasteiger partial charge in [0.2, 0.25) is 5.91 Å². The van der Waals surface area contributed by atoms with Crippen LogP contribution in [0.5, 0.6) is 5.75 Å². The summed E-state index contributed by atoms with van der Waals surface area (Å²) in [6.07, 6.45) is -3.96. The van der Waals surface area contributed by atoms with E-state index in [1.165, 1.54) is 25.1 Å². The zero-order chi connectivity index (χ0) is 30.3. The lowest BCUT2D eigenvalue weighted by Gasteiger charge is -2.20. The van der Waals surface area contributed by atoms with E-state index in [1.807, 2.05) is 48.9 Å². The number of imidazole rings is 1. The van der Waals surface area contributed by atoms with E-state index in [0.717, 1.165) is 29.6 Å². The topological polar surface area (TPSA) is 105 Å². The van der Waals surface area contributed by atoms with Crippen molar-refractivity contribution < 1.29 is 32.6 Å². The van der Waals surface area contributed by atoms with Crippen molar-refractivity contribution in [2.45, 2.75) is 71.4 Å². The maximum Gasteiger partial charge on any atom is 0.425 e. The summed E-state index contributed by atoms with van der Waals surface area (Å²) in [5.74, 6) is -0.0471. The first-order chi connectivity index (χ1) is 19.3. The van der Waals surface area contributed by atoms with Gasteiger partial charge in [0.15, 0.2) is 6.10 Å². The van der Waals surface area contributed by atoms with Gasteiger partial charge in [0.05, 0.1) is 16.8 Å². The zero-order valence-corrected chi connectivity index (χ0v) is 24.0. The molecule has 0 aliphatic heterocycles. The molecule has 41 heavy (non-hydrogen) atoms. The largest absolute Gasteiger partial charge is 0.480 e. The molecule has 222 valence electrons. The second-order valence-electron chi connectivity index (χ2n) is 9.72. The average molecular weight is 595 g/mol. The van der Waals surface area contributed by atoms with Crippen molar-refractivity contribution in [3.05, 3.63) is 70.6 Å². The second kappa shape index (κ2) is 13.9. The highest BCUT2D eigenvalue weighted by molar-refractivity contribution is 6.32. The molecule has 2 aromatic carbocycles. The van der Waals surface area contributed by atoms with Crippen LogP contribution in [0.2, 0.25) is 5.02 Å². The number of aliphatic hydroxyl groups excluding tert-OH is 1. The van der Waals surface area contributed by atoms with Gasteiger partial charge in [0.25, 0.3) is 5.91 Å². The smallest absolute Gasteiger partial charge is 0.425 e. The molecule has 0 fully saturated rings. The maximum atomic E-state index is 12.9. The van der Waals surface area contributed by atoms with Gasteiger partial charge in [-0.3, -0.25) is 9.59 Å². The summed E-state index contributed by atoms with van der Waals surface area (Å²) in [7, 11) is 0. The van der Waals surface area contributed by atoms with Crippen LogP contribution in [-0.2, 0) is 17.8 Å². The monoisotopic (exact) mass is 594 g/mol. The Morgan fingerprint density at radius 3 is 2.37 bits per heavy atom. The number of aryl methyl sites for hydroxylation is 1. The Balaban J connectivity index is 1.69. The number of ether oxygens (including phenoxy) is 1. The molecule has 0 aliphatic carbocycles. The summed E-state index contributed by atoms with van der Waals surface area (Å²) < 4.78 is 45.3. The van der Waals surface area contributed by atoms with E-state index in [0.29, 0.717) is 13.0 Å². The quantitative estimate of drug-likeness (QED) is 0.258. The summed E-state index contributed by atoms with van der Waals surface area (Å²) in [5, 5.41) is 15.1. The summed E-state index contributed by atoms with van der Waals surface area (Å²) in [6, 6.07) is 10.8. The molecule has 12 heteroatoms. The van der Waals surface area contributed by atoms with Gasteiger partial charge in [-0.1, -0.05) is 35.9 Å². The first-order valence-corrected chi connectivity index (χ1v) is 13.6. The fourth-order valence-electron chi connectivity index (χ4n) is 4.28. The highest BCUT2D eigenvalue weighted by atomic mass is 35.5. The lowest BCUT2D eigenvalue weighted by molar-refractivity contribution is -0.189. The van der Waals surface area contributed by atoms with Gasteiger partial charge < -0.3 is 25.0 Å². The highest BCUT2D eigenvalue weighted by Gasteiger charge is 2.38. The van der Waals surface area contributed by atoms with Gasteiger partial charge in [-0.05, 0) is 57.4 Å². The number of halogens is 4. The van der Waals surface area contributed by atoms with E-state index >= 15 is 0 Å². The molecule has 3 aromatic rings. The Bertz CT molecular complexity index is 1340. The van der Waals surface area contributed by atoms with Crippen LogP contribution in [-0.4, -0.2) is 51.4 Å². The highest BCUT2D eigenvalue weighted by Crippen LogP contribution is 2.31. The van der Waals surface area contributed by atoms with Crippen LogP contribution in [0.1, 0.15) is 61.9 Å². The summed E-state index contributed by atoms with van der Waals surface area (Å²) in [6.45, 7) is 6.75. The Morgan fingerprint density at radius 1 is 1.12 bits per heavy atom. The molecule has 3 rings (SSSR count). The standard InChI is InChI=1S/C29H34ClF3N4O4/c1-5-37-16-25(36-27(37)17(2)34-19(4)39)21-8-6-20(7-9-21)14-23(12-13-38)35-28(40)22-10-11-26(24(30)15-22)41-18(3)29(31,32)33/h6-11,15-18,23,38H,5,12-14H2,1-4H3,(H,34,39)(H,35,40)/t17-,18-,23-/m1/s1. The number of carbonyl (C=O) groups excluding carboxylic acids is 2. The van der Waals surface area contributed by atoms with Crippen LogP contribution in [0, 0.1) is 0 Å². The SMILES string of the molecule is CCn1cc(-c2ccc(C[C@@H](CCO)NC(=O)c3ccc(O[C@H](C)C(F)(F)F)c(Cl)c3)cc2)nc1[C@@H](C)NC(C)=O. The molecule has 1 heterocycles. The molecular weight excluding hydrogens is 561 g/mol. The maximum absolute atomic E-state index is 12.9. The molecule has 8 nitrogen and oxygen atoms in total. The molecule has 0 spiro atoms. The predicted octanol–water partition coefficient (Wildman–Crippen LogP) is 5.47. The minimum atomic E-state index is -4.55. The lowest BCUT2D eigenvalue weighted by atomic mass is 10.0. The van der Waals surface area contributed by atoms with E-state index in [1.54, 1.807) is 0 Å². The van der Waals surface area contributed by atoms with Crippen molar-refractivity contribution in [2.24, 2.45) is 0 Å². The second-order valence-corrected chi connectivity index (χ2v) is 10.1. The molecule has 0 aliphatic rings. The molecule has 1 aromatic heterocycles. The number of aromatic nitrogens is 2. The van der Waals surface area contributed by atoms with Crippen LogP contribution >= 0.6 is 11.6 Å². The van der Waals surface area contributed by atoms with Gasteiger partial charge in [-0.25, -0.2) is 4.98 Å². The first kappa shape index (κ1) is 32.0. The van der Waals surface area contributed by atoms with E-state index < -0.39 is 24.2 Å². The van der Waals surface area contributed by atoms with Crippen molar-refractivity contribution in [2.75, 3.05) is 6.61 Å². The number of hydrogen-bond acceptors (Lipinski definition) is 5. The van der Waals surface area contributed by atoms with Gasteiger partial charge in [-0.2, -0.15) is 13.2 Å². The summed E-state index contributed by atoms with van der Waals surface area (Å²) in [4.78, 5) is 29.1. The predicted molar refractivity (Wildman–Crippen MR) is 150 cm³/mol. The third-order valence-corrected chi connectivity index (χ3v) is 6.75. The molecule has 3 N–H and O–H groups in total. The number of nitrogens with one attached hydrogen (secondary N) is 2. The number of aliphatic hydroxyl groups is 1. The molecular formula is C29H34ClF3N4O4. The summed E-state index contributed by atoms with van der Waals surface area (Å²) >= 11 is 6.08. The van der Waals surface area contributed by atoms with Crippen LogP contribution < -0.4 is 15.4 Å². The number of nitrogens with zero attached hydrogens (tertiary/aromatic N) is 2. The van der Waals surface area contributed by atoms with E-state index in [2.05, 4.69) is 10.6 Å². The molecule has 0 saturated heterocycles. The van der Waals surface area contributed by atoms with Crippen molar-refractivity contribution in [1.82, 2.24) is 20.2 Å². The third kappa shape index (κ3) is 8.71. The van der Waals surface area contributed by atoms with Crippen LogP contribution in [0.25, 0.3) is 11.3 Å². The number of benzene rings is 2. The fraction of sp³-hybridized carbons (Fsp3) is 0.414. The molecule has 0 unspecified atom stereocenters. The number of hydrogen-bond donors (Lipinski definition) is 3. The molecule has 0 radical (unpaired) electrons. The average Bonchev–Trinajstić information content (AvgIpc) is 3.34. The normalized spacial score (nSPS) is 13.8. The molecule has 3 atom stereocenters. The van der Waals surface area contributed by atoms with E-state index in [9.17, 15) is 27.9 Å². The lowest BCUT2D eigenvalue weighted by Crippen LogP contribution is -2.37. The number of amides is 2. The molecule has 2 amide bonds. The van der Waals surface area contributed by atoms with Crippen molar-refractivity contribution >= 4 is 23.4 Å². The zero-order valence-electron chi connectivity index (χ0n) is 23.3. The van der Waals surface area contributed by atoms with Gasteiger partial charge in [0.1, 0.15) is 11.6 Å². The number of rotatable bonds is 12. The fourth-order valence-corrected chi connectivity index (χ4v) is 4.50. The van der Waals surface area contributed by atoms with Crippen molar-refractivity contribution in [1.29, 1.82) is 0 Å². The molecule has 0 saturated carbocycles. The van der Waals surface area contributed by atoms with Crippen molar-refractivity contribution in [3.63, 3.8) is 0 Å². The molecule has 0 bridgehead atoms. The first-order valence-electron chi connectivity index (χ1n) is 13.2. The van der Waals surface area contributed by atoms with Gasteiger partial charge in [-0.15, -0.1) is 0 Å². The minimum Gasteiger partial charge on any atom is -0.480 e. The summed E-state index contributed by atoms with van der Waals surface area (Å²) in [5.41, 5.74) is 2.71. The van der Waals surface area contributed by atoms with Gasteiger partial charge in [0, 0.05) is 43.4 Å². The third-order valence-electron chi connectivity index (χ3n) is 6.46. The van der Waals surface area contributed by atoms with Crippen LogP contribution in [0.15, 0.2) is 48.7 Å². The number of carbonyl (C=O) groups is 2. The minimum absolute atomic E-state index is 0.122. The Labute approximate surface area is 241 Å². The van der Waals surface area contributed by atoms with Crippen molar-refractivity contribution in [3.8, 4) is 17.0 Å². The Morgan fingerprint density at radius 2 is 1.80 bits per heavy atom. The van der Waals surface area contributed by atoms with Crippen LogP contribution in [0.3, 0.4) is 0 Å². The Kier molecular flexibility index (Phi) is 10.8. The number of alkyl halides is 3. The van der Waals surface area contributed by atoms with Crippen LogP contribution in [0.4, 0.5) is 13.2 Å².